The number of halogens is 3. The number of aryl methyl sites for hydroxylation is 1. The molecule has 174 valence electrons. The maximum atomic E-state index is 12.3. The number of alkyl halides is 3. The van der Waals surface area contributed by atoms with Gasteiger partial charge >= 0.3 is 6.36 Å². The van der Waals surface area contributed by atoms with Crippen LogP contribution in [-0.4, -0.2) is 41.7 Å². The number of ether oxygens (including phenoxy) is 1. The lowest BCUT2D eigenvalue weighted by Crippen LogP contribution is -2.34. The van der Waals surface area contributed by atoms with Gasteiger partial charge in [0, 0.05) is 31.1 Å². The summed E-state index contributed by atoms with van der Waals surface area (Å²) in [5, 5.41) is 2.52. The number of carbonyl (C=O) groups is 2. The number of likely N-dealkylation sites (N-methyl/N-ethyl adjacent to an activating group) is 1. The summed E-state index contributed by atoms with van der Waals surface area (Å²) >= 11 is 0. The lowest BCUT2D eigenvalue weighted by molar-refractivity contribution is -0.274. The molecule has 0 bridgehead atoms. The molecule has 0 aliphatic carbocycles. The largest absolute Gasteiger partial charge is 0.573 e. The van der Waals surface area contributed by atoms with Crippen LogP contribution in [0.2, 0.25) is 0 Å². The second kappa shape index (κ2) is 10.7. The molecule has 3 rings (SSSR count). The van der Waals surface area contributed by atoms with Gasteiger partial charge in [-0.2, -0.15) is 0 Å². The predicted molar refractivity (Wildman–Crippen MR) is 114 cm³/mol. The van der Waals surface area contributed by atoms with Crippen molar-refractivity contribution in [3.05, 3.63) is 66.7 Å². The van der Waals surface area contributed by atoms with Crippen LogP contribution in [0.5, 0.6) is 5.75 Å². The number of amides is 2. The molecule has 2 amide bonds. The van der Waals surface area contributed by atoms with Crippen molar-refractivity contribution in [1.29, 1.82) is 0 Å². The zero-order chi connectivity index (χ0) is 23.8. The molecular weight excluding hydrogens is 439 g/mol. The molecule has 0 saturated heterocycles. The lowest BCUT2D eigenvalue weighted by Gasteiger charge is -2.17. The van der Waals surface area contributed by atoms with Crippen LogP contribution >= 0.6 is 0 Å². The Bertz CT molecular complexity index is 1070. The van der Waals surface area contributed by atoms with Gasteiger partial charge < -0.3 is 19.4 Å². The number of nitrogens with one attached hydrogen (secondary N) is 1. The molecule has 0 spiro atoms. The average Bonchev–Trinajstić information content (AvgIpc) is 3.23. The summed E-state index contributed by atoms with van der Waals surface area (Å²) in [7, 11) is 1.50. The fourth-order valence-electron chi connectivity index (χ4n) is 2.99. The zero-order valence-electron chi connectivity index (χ0n) is 17.8. The van der Waals surface area contributed by atoms with Crippen LogP contribution in [0.1, 0.15) is 18.7 Å². The van der Waals surface area contributed by atoms with Crippen molar-refractivity contribution in [3.8, 4) is 17.1 Å². The minimum Gasteiger partial charge on any atom is -0.441 e. The monoisotopic (exact) mass is 461 g/mol. The van der Waals surface area contributed by atoms with Crippen LogP contribution in [0.4, 0.5) is 18.9 Å². The van der Waals surface area contributed by atoms with E-state index in [4.69, 9.17) is 4.42 Å². The van der Waals surface area contributed by atoms with E-state index in [-0.39, 0.29) is 24.6 Å². The SMILES string of the molecule is CN(CC(=O)Nc1ccc(OC(F)(F)F)cc1)C(=O)CCCc1ncc(-c2ccccc2)o1. The second-order valence-corrected chi connectivity index (χ2v) is 7.21. The molecule has 0 fully saturated rings. The fourth-order valence-corrected chi connectivity index (χ4v) is 2.99. The van der Waals surface area contributed by atoms with E-state index in [0.717, 1.165) is 17.7 Å². The van der Waals surface area contributed by atoms with Crippen molar-refractivity contribution in [3.63, 3.8) is 0 Å². The van der Waals surface area contributed by atoms with Gasteiger partial charge in [0.1, 0.15) is 5.75 Å². The van der Waals surface area contributed by atoms with Crippen LogP contribution in [0, 0.1) is 0 Å². The van der Waals surface area contributed by atoms with Crippen molar-refractivity contribution in [2.24, 2.45) is 0 Å². The Labute approximate surface area is 188 Å². The molecule has 33 heavy (non-hydrogen) atoms. The van der Waals surface area contributed by atoms with E-state index >= 15 is 0 Å². The van der Waals surface area contributed by atoms with Gasteiger partial charge in [-0.05, 0) is 30.7 Å². The highest BCUT2D eigenvalue weighted by atomic mass is 19.4. The maximum absolute atomic E-state index is 12.3. The fraction of sp³-hybridized carbons (Fsp3) is 0.261. The smallest absolute Gasteiger partial charge is 0.441 e. The summed E-state index contributed by atoms with van der Waals surface area (Å²) in [5.74, 6) is 0.0860. The molecule has 7 nitrogen and oxygen atoms in total. The van der Waals surface area contributed by atoms with Crippen LogP contribution in [0.25, 0.3) is 11.3 Å². The Morgan fingerprint density at radius 1 is 1.09 bits per heavy atom. The molecule has 3 aromatic rings. The summed E-state index contributed by atoms with van der Waals surface area (Å²) in [4.78, 5) is 29.9. The third-order valence-corrected chi connectivity index (χ3v) is 4.57. The van der Waals surface area contributed by atoms with E-state index in [1.54, 1.807) is 6.20 Å². The van der Waals surface area contributed by atoms with Gasteiger partial charge in [0.05, 0.1) is 12.7 Å². The van der Waals surface area contributed by atoms with E-state index < -0.39 is 18.0 Å². The number of benzene rings is 2. The van der Waals surface area contributed by atoms with E-state index in [1.807, 2.05) is 30.3 Å². The van der Waals surface area contributed by atoms with Gasteiger partial charge in [-0.25, -0.2) is 4.98 Å². The Morgan fingerprint density at radius 2 is 1.79 bits per heavy atom. The van der Waals surface area contributed by atoms with Crippen molar-refractivity contribution >= 4 is 17.5 Å². The molecule has 0 aliphatic rings. The normalized spacial score (nSPS) is 11.2. The molecule has 1 N–H and O–H groups in total. The number of nitrogens with zero attached hydrogens (tertiary/aromatic N) is 2. The first kappa shape index (κ1) is 23.8. The van der Waals surface area contributed by atoms with E-state index in [0.29, 0.717) is 24.5 Å². The third kappa shape index (κ3) is 7.67. The van der Waals surface area contributed by atoms with E-state index in [9.17, 15) is 22.8 Å². The highest BCUT2D eigenvalue weighted by Gasteiger charge is 2.31. The first-order chi connectivity index (χ1) is 15.7. The van der Waals surface area contributed by atoms with Crippen LogP contribution in [0.3, 0.4) is 0 Å². The molecule has 0 saturated carbocycles. The maximum Gasteiger partial charge on any atom is 0.573 e. The molecule has 0 aliphatic heterocycles. The quantitative estimate of drug-likeness (QED) is 0.501. The first-order valence-corrected chi connectivity index (χ1v) is 10.1. The van der Waals surface area contributed by atoms with Crippen LogP contribution < -0.4 is 10.1 Å². The van der Waals surface area contributed by atoms with Gasteiger partial charge in [-0.15, -0.1) is 13.2 Å². The molecule has 2 aromatic carbocycles. The summed E-state index contributed by atoms with van der Waals surface area (Å²) in [5.41, 5.74) is 1.20. The number of hydrogen-bond donors (Lipinski definition) is 1. The zero-order valence-corrected chi connectivity index (χ0v) is 17.8. The van der Waals surface area contributed by atoms with Crippen molar-refractivity contribution < 1.29 is 31.9 Å². The predicted octanol–water partition coefficient (Wildman–Crippen LogP) is 4.66. The van der Waals surface area contributed by atoms with Gasteiger partial charge in [0.25, 0.3) is 0 Å². The second-order valence-electron chi connectivity index (χ2n) is 7.21. The number of aromatic nitrogens is 1. The minimum absolute atomic E-state index is 0.198. The summed E-state index contributed by atoms with van der Waals surface area (Å²) < 4.78 is 46.0. The number of hydrogen-bond acceptors (Lipinski definition) is 5. The van der Waals surface area contributed by atoms with E-state index in [2.05, 4.69) is 15.0 Å². The first-order valence-electron chi connectivity index (χ1n) is 10.1. The highest BCUT2D eigenvalue weighted by Crippen LogP contribution is 2.24. The number of carbonyl (C=O) groups excluding carboxylic acids is 2. The Kier molecular flexibility index (Phi) is 7.70. The molecule has 0 unspecified atom stereocenters. The van der Waals surface area contributed by atoms with Crippen LogP contribution in [0.15, 0.2) is 65.2 Å². The summed E-state index contributed by atoms with van der Waals surface area (Å²) in [6.07, 6.45) is -1.96. The van der Waals surface area contributed by atoms with Crippen LogP contribution in [-0.2, 0) is 16.0 Å². The van der Waals surface area contributed by atoms with Gasteiger partial charge in [-0.1, -0.05) is 30.3 Å². The average molecular weight is 461 g/mol. The summed E-state index contributed by atoms with van der Waals surface area (Å²) in [6.45, 7) is -0.198. The molecule has 0 radical (unpaired) electrons. The Balaban J connectivity index is 1.40. The lowest BCUT2D eigenvalue weighted by atomic mass is 10.2. The standard InChI is InChI=1S/C23H22F3N3O4/c1-29(15-20(30)28-17-10-12-18(13-11-17)33-23(24,25)26)22(31)9-5-8-21-27-14-19(32-21)16-6-3-2-4-7-16/h2-4,6-7,10-14H,5,8-9,15H2,1H3,(H,28,30). The molecular formula is C23H22F3N3O4. The van der Waals surface area contributed by atoms with Crippen molar-refractivity contribution in [1.82, 2.24) is 9.88 Å². The molecule has 0 atom stereocenters. The highest BCUT2D eigenvalue weighted by molar-refractivity contribution is 5.94. The number of oxazole rings is 1. The Morgan fingerprint density at radius 3 is 2.45 bits per heavy atom. The Hall–Kier alpha value is -3.82. The van der Waals surface area contributed by atoms with Gasteiger partial charge in [0.15, 0.2) is 11.7 Å². The molecule has 10 heteroatoms. The minimum atomic E-state index is -4.79. The van der Waals surface area contributed by atoms with Crippen molar-refractivity contribution in [2.45, 2.75) is 25.6 Å². The molecule has 1 aromatic heterocycles. The number of anilines is 1. The van der Waals surface area contributed by atoms with Gasteiger partial charge in [0.2, 0.25) is 11.8 Å². The summed E-state index contributed by atoms with van der Waals surface area (Å²) in [6, 6.07) is 14.3. The third-order valence-electron chi connectivity index (χ3n) is 4.57. The van der Waals surface area contributed by atoms with Crippen molar-refractivity contribution in [2.75, 3.05) is 18.9 Å². The van der Waals surface area contributed by atoms with Gasteiger partial charge in [-0.3, -0.25) is 9.59 Å². The van der Waals surface area contributed by atoms with E-state index in [1.165, 1.54) is 24.1 Å². The topological polar surface area (TPSA) is 84.7 Å². The number of rotatable bonds is 9. The molecule has 1 heterocycles.